The molecule has 4 atom stereocenters. The molecule has 0 aromatic rings. The van der Waals surface area contributed by atoms with Crippen molar-refractivity contribution in [2.24, 2.45) is 0 Å². The highest BCUT2D eigenvalue weighted by molar-refractivity contribution is 7.86. The molecule has 0 radical (unpaired) electrons. The van der Waals surface area contributed by atoms with E-state index in [9.17, 15) is 61.1 Å². The summed E-state index contributed by atoms with van der Waals surface area (Å²) in [5.41, 5.74) is -5.41. The first-order valence-corrected chi connectivity index (χ1v) is 6.78. The third kappa shape index (κ3) is 3.83. The van der Waals surface area contributed by atoms with Crippen LogP contribution in [0.4, 0.5) is 52.7 Å². The minimum Gasteiger partial charge on any atom is -0.283 e. The summed E-state index contributed by atoms with van der Waals surface area (Å²) in [6.07, 6.45) is -19.0. The second-order valence-corrected chi connectivity index (χ2v) is 5.72. The Morgan fingerprint density at radius 3 is 1.38 bits per heavy atom. The molecule has 16 heteroatoms. The molecule has 0 fully saturated rings. The number of rotatable bonds is 8. The molecule has 0 aromatic heterocycles. The molecule has 1 N–H and O–H groups in total. The summed E-state index contributed by atoms with van der Waals surface area (Å²) in [5, 5.41) is 0. The van der Waals surface area contributed by atoms with Crippen LogP contribution < -0.4 is 0 Å². The Bertz CT molecular complexity index is 534. The Morgan fingerprint density at radius 2 is 1.08 bits per heavy atom. The normalized spacial score (nSPS) is 19.9. The second-order valence-electron chi connectivity index (χ2n) is 4.28. The molecular formula is C8H6F12O3S. The van der Waals surface area contributed by atoms with Crippen LogP contribution in [0.15, 0.2) is 0 Å². The Balaban J connectivity index is 5.90. The van der Waals surface area contributed by atoms with E-state index in [1.165, 1.54) is 0 Å². The van der Waals surface area contributed by atoms with Gasteiger partial charge < -0.3 is 0 Å². The molecule has 0 spiro atoms. The van der Waals surface area contributed by atoms with Crippen molar-refractivity contribution in [1.29, 1.82) is 0 Å². The average molecular weight is 410 g/mol. The van der Waals surface area contributed by atoms with Gasteiger partial charge in [-0.3, -0.25) is 4.55 Å². The first-order chi connectivity index (χ1) is 10.3. The zero-order valence-electron chi connectivity index (χ0n) is 10.6. The maximum Gasteiger partial charge on any atom is 0.379 e. The van der Waals surface area contributed by atoms with E-state index in [1.54, 1.807) is 0 Å². The summed E-state index contributed by atoms with van der Waals surface area (Å²) >= 11 is 0. The van der Waals surface area contributed by atoms with Crippen molar-refractivity contribution in [2.45, 2.75) is 48.2 Å². The SMILES string of the molecule is O=S(=O)(O)C(F)C(F)(F)C(F)(F)C(F)(F)C(F)C(F)C(F)C(F)F. The Kier molecular flexibility index (Phi) is 6.50. The van der Waals surface area contributed by atoms with Crippen LogP contribution in [-0.4, -0.2) is 61.2 Å². The molecule has 0 aliphatic rings. The van der Waals surface area contributed by atoms with E-state index in [-0.39, 0.29) is 0 Å². The molecule has 0 aliphatic heterocycles. The molecule has 24 heavy (non-hydrogen) atoms. The van der Waals surface area contributed by atoms with Crippen LogP contribution in [0.5, 0.6) is 0 Å². The second kappa shape index (κ2) is 6.76. The van der Waals surface area contributed by atoms with E-state index in [0.29, 0.717) is 0 Å². The molecule has 0 heterocycles. The van der Waals surface area contributed by atoms with Crippen LogP contribution in [0.3, 0.4) is 0 Å². The molecule has 0 amide bonds. The number of hydrogen-bond acceptors (Lipinski definition) is 2. The quantitative estimate of drug-likeness (QED) is 0.494. The van der Waals surface area contributed by atoms with Gasteiger partial charge in [0.25, 0.3) is 11.9 Å². The summed E-state index contributed by atoms with van der Waals surface area (Å²) in [6, 6.07) is 0. The van der Waals surface area contributed by atoms with Gasteiger partial charge in [-0.25, -0.2) is 26.3 Å². The third-order valence-corrected chi connectivity index (χ3v) is 3.37. The first kappa shape index (κ1) is 23.1. The van der Waals surface area contributed by atoms with Crippen molar-refractivity contribution >= 4 is 10.1 Å². The largest absolute Gasteiger partial charge is 0.379 e. The average Bonchev–Trinajstić information content (AvgIpc) is 2.42. The van der Waals surface area contributed by atoms with Gasteiger partial charge in [0, 0.05) is 0 Å². The lowest BCUT2D eigenvalue weighted by Gasteiger charge is -2.35. The van der Waals surface area contributed by atoms with Gasteiger partial charge in [-0.05, 0) is 0 Å². The monoisotopic (exact) mass is 410 g/mol. The van der Waals surface area contributed by atoms with E-state index in [2.05, 4.69) is 0 Å². The van der Waals surface area contributed by atoms with Crippen LogP contribution in [0.2, 0.25) is 0 Å². The Labute approximate surface area is 125 Å². The molecular weight excluding hydrogens is 404 g/mol. The highest BCUT2D eigenvalue weighted by Crippen LogP contribution is 2.52. The number of alkyl halides is 12. The van der Waals surface area contributed by atoms with Crippen LogP contribution in [0.25, 0.3) is 0 Å². The first-order valence-electron chi connectivity index (χ1n) is 5.27. The maximum atomic E-state index is 13.0. The molecule has 3 nitrogen and oxygen atoms in total. The number of halogens is 12. The van der Waals surface area contributed by atoms with E-state index in [4.69, 9.17) is 4.55 Å². The molecule has 4 unspecified atom stereocenters. The topological polar surface area (TPSA) is 54.4 Å². The highest BCUT2D eigenvalue weighted by Gasteiger charge is 2.80. The van der Waals surface area contributed by atoms with Crippen LogP contribution in [0, 0.1) is 0 Å². The van der Waals surface area contributed by atoms with Crippen molar-refractivity contribution in [1.82, 2.24) is 0 Å². The van der Waals surface area contributed by atoms with Gasteiger partial charge in [-0.1, -0.05) is 0 Å². The summed E-state index contributed by atoms with van der Waals surface area (Å²) in [7, 11) is -6.72. The minimum absolute atomic E-state index is 4.43. The fraction of sp³-hybridized carbons (Fsp3) is 1.00. The zero-order chi connectivity index (χ0) is 19.9. The minimum atomic E-state index is -7.36. The van der Waals surface area contributed by atoms with Gasteiger partial charge in [0.05, 0.1) is 0 Å². The van der Waals surface area contributed by atoms with Crippen molar-refractivity contribution in [3.05, 3.63) is 0 Å². The summed E-state index contributed by atoms with van der Waals surface area (Å²) < 4.78 is 180. The smallest absolute Gasteiger partial charge is 0.283 e. The fourth-order valence-electron chi connectivity index (χ4n) is 1.23. The van der Waals surface area contributed by atoms with E-state index in [1.807, 2.05) is 0 Å². The predicted octanol–water partition coefficient (Wildman–Crippen LogP) is 3.36. The van der Waals surface area contributed by atoms with Crippen molar-refractivity contribution in [3.63, 3.8) is 0 Å². The summed E-state index contributed by atoms with van der Waals surface area (Å²) in [5.74, 6) is -21.4. The maximum absolute atomic E-state index is 13.0. The van der Waals surface area contributed by atoms with Crippen LogP contribution >= 0.6 is 0 Å². The van der Waals surface area contributed by atoms with Crippen molar-refractivity contribution in [3.8, 4) is 0 Å². The van der Waals surface area contributed by atoms with Gasteiger partial charge >= 0.3 is 27.9 Å². The van der Waals surface area contributed by atoms with Crippen LogP contribution in [0.1, 0.15) is 0 Å². The van der Waals surface area contributed by atoms with E-state index in [0.717, 1.165) is 0 Å². The standard InChI is InChI=1S/C8H6F12O3S/c9-1(2(10)4(12)13)3(11)6(15,16)8(19,20)7(17,18)5(14)24(21,22)23/h1-5H,(H,21,22,23). The lowest BCUT2D eigenvalue weighted by atomic mass is 9.96. The van der Waals surface area contributed by atoms with Gasteiger partial charge in [-0.15, -0.1) is 0 Å². The predicted molar refractivity (Wildman–Crippen MR) is 52.0 cm³/mol. The molecule has 0 saturated heterocycles. The molecule has 146 valence electrons. The van der Waals surface area contributed by atoms with Gasteiger partial charge in [0.1, 0.15) is 0 Å². The lowest BCUT2D eigenvalue weighted by Crippen LogP contribution is -2.64. The van der Waals surface area contributed by atoms with E-state index < -0.39 is 58.3 Å². The van der Waals surface area contributed by atoms with Gasteiger partial charge in [0.2, 0.25) is 6.17 Å². The molecule has 0 aromatic carbocycles. The summed E-state index contributed by atoms with van der Waals surface area (Å²) in [6.45, 7) is 0. The fourth-order valence-corrected chi connectivity index (χ4v) is 1.75. The molecule has 0 saturated carbocycles. The van der Waals surface area contributed by atoms with Gasteiger partial charge in [0.15, 0.2) is 12.3 Å². The van der Waals surface area contributed by atoms with Gasteiger partial charge in [-0.2, -0.15) is 34.8 Å². The Morgan fingerprint density at radius 1 is 0.708 bits per heavy atom. The summed E-state index contributed by atoms with van der Waals surface area (Å²) in [4.78, 5) is 0. The molecule has 0 rings (SSSR count). The highest BCUT2D eigenvalue weighted by atomic mass is 32.2. The van der Waals surface area contributed by atoms with Crippen LogP contribution in [-0.2, 0) is 10.1 Å². The molecule has 0 bridgehead atoms. The molecule has 0 aliphatic carbocycles. The van der Waals surface area contributed by atoms with Crippen molar-refractivity contribution < 1.29 is 65.7 Å². The zero-order valence-corrected chi connectivity index (χ0v) is 11.4. The lowest BCUT2D eigenvalue weighted by molar-refractivity contribution is -0.337. The number of hydrogen-bond donors (Lipinski definition) is 1. The Hall–Kier alpha value is -0.930. The van der Waals surface area contributed by atoms with Crippen molar-refractivity contribution in [2.75, 3.05) is 0 Å². The van der Waals surface area contributed by atoms with E-state index >= 15 is 0 Å². The third-order valence-electron chi connectivity index (χ3n) is 2.55.